The number of amides is 1. The maximum atomic E-state index is 14.0. The van der Waals surface area contributed by atoms with Crippen LogP contribution in [0.5, 0.6) is 0 Å². The molecule has 1 amide bonds. The van der Waals surface area contributed by atoms with Gasteiger partial charge in [0.2, 0.25) is 0 Å². The van der Waals surface area contributed by atoms with Crippen LogP contribution >= 0.6 is 11.8 Å². The van der Waals surface area contributed by atoms with Crippen molar-refractivity contribution < 1.29 is 29.0 Å². The van der Waals surface area contributed by atoms with E-state index in [1.165, 1.54) is 11.8 Å². The van der Waals surface area contributed by atoms with Gasteiger partial charge in [-0.2, -0.15) is 11.8 Å². The maximum absolute atomic E-state index is 14.0. The number of nitrogens with one attached hydrogen (secondary N) is 2. The first-order valence-electron chi connectivity index (χ1n) is 15.3. The molecule has 0 saturated carbocycles. The third-order valence-corrected chi connectivity index (χ3v) is 8.56. The van der Waals surface area contributed by atoms with E-state index < -0.39 is 41.2 Å². The van der Waals surface area contributed by atoms with Gasteiger partial charge in [0.1, 0.15) is 11.6 Å². The number of carboxylic acid groups (broad SMARTS) is 1. The van der Waals surface area contributed by atoms with E-state index in [1.807, 2.05) is 94.6 Å². The van der Waals surface area contributed by atoms with Gasteiger partial charge in [-0.1, -0.05) is 60.7 Å². The number of carbonyl (C=O) groups excluding carboxylic acids is 2. The number of benzene rings is 3. The number of rotatable bonds is 12. The van der Waals surface area contributed by atoms with Crippen molar-refractivity contribution in [3.63, 3.8) is 0 Å². The van der Waals surface area contributed by atoms with Gasteiger partial charge in [-0.3, -0.25) is 4.79 Å². The number of hydrogen-bond acceptors (Lipinski definition) is 7. The van der Waals surface area contributed by atoms with Crippen molar-refractivity contribution in [1.82, 2.24) is 10.6 Å². The number of hydrogen-bond donors (Lipinski definition) is 3. The molecule has 2 atom stereocenters. The Hall–Kier alpha value is -3.06. The van der Waals surface area contributed by atoms with Crippen molar-refractivity contribution >= 4 is 48.5 Å². The van der Waals surface area contributed by atoms with Crippen molar-refractivity contribution in [3.8, 4) is 11.1 Å². The Morgan fingerprint density at radius 1 is 0.978 bits per heavy atom. The Kier molecular flexibility index (Phi) is 13.5. The summed E-state index contributed by atoms with van der Waals surface area (Å²) in [5.74, 6) is -1.51. The van der Waals surface area contributed by atoms with Crippen molar-refractivity contribution in [2.24, 2.45) is 0 Å². The molecule has 3 aromatic carbocycles. The van der Waals surface area contributed by atoms with Crippen LogP contribution in [0.25, 0.3) is 11.1 Å². The van der Waals surface area contributed by atoms with E-state index in [1.54, 1.807) is 12.1 Å². The molecule has 1 unspecified atom stereocenters. The van der Waals surface area contributed by atoms with Crippen LogP contribution in [0.2, 0.25) is 0 Å². The zero-order valence-electron chi connectivity index (χ0n) is 27.7. The van der Waals surface area contributed by atoms with Crippen LogP contribution in [0.3, 0.4) is 0 Å². The second kappa shape index (κ2) is 16.7. The van der Waals surface area contributed by atoms with Gasteiger partial charge in [0.25, 0.3) is 5.91 Å². The van der Waals surface area contributed by atoms with E-state index in [4.69, 9.17) is 9.47 Å². The molecule has 10 heteroatoms. The van der Waals surface area contributed by atoms with Crippen LogP contribution in [0.4, 0.5) is 0 Å². The molecule has 0 aromatic heterocycles. The van der Waals surface area contributed by atoms with Gasteiger partial charge in [0.15, 0.2) is 6.10 Å². The molecule has 0 spiro atoms. The predicted octanol–water partition coefficient (Wildman–Crippen LogP) is 5.90. The van der Waals surface area contributed by atoms with Gasteiger partial charge in [-0.25, -0.2) is 9.59 Å². The molecule has 8 nitrogen and oxygen atoms in total. The van der Waals surface area contributed by atoms with Crippen LogP contribution in [-0.2, 0) is 24.7 Å². The average molecular weight is 640 g/mol. The van der Waals surface area contributed by atoms with Gasteiger partial charge in [-0.15, -0.1) is 0 Å². The zero-order chi connectivity index (χ0) is 32.6. The van der Waals surface area contributed by atoms with Gasteiger partial charge in [0, 0.05) is 24.4 Å². The molecule has 0 aliphatic carbocycles. The van der Waals surface area contributed by atoms with E-state index in [2.05, 4.69) is 10.6 Å². The minimum absolute atomic E-state index is 0. The summed E-state index contributed by atoms with van der Waals surface area (Å²) in [6.07, 6.45) is 2.42. The average Bonchev–Trinajstić information content (AvgIpc) is 3.01. The van der Waals surface area contributed by atoms with Gasteiger partial charge in [0.05, 0.1) is 5.60 Å². The molecule has 1 aliphatic rings. The van der Waals surface area contributed by atoms with E-state index in [0.717, 1.165) is 29.8 Å². The molecule has 241 valence electrons. The summed E-state index contributed by atoms with van der Waals surface area (Å²) in [5, 5.41) is 15.9. The van der Waals surface area contributed by atoms with Gasteiger partial charge < -0.3 is 25.2 Å². The number of thioether (sulfide) groups is 1. The maximum Gasteiger partial charge on any atom is 0.340 e. The SMILES string of the molecule is CSCC[C@H](NC(=O)c1ccc(C(OC2(c3ccccc3)CCNCC2)C(=O)OC(C)(C)C)cc1-c1ccccc1C)C(=O)O.[Li]. The van der Waals surface area contributed by atoms with E-state index >= 15 is 0 Å². The third kappa shape index (κ3) is 9.49. The molecule has 1 radical (unpaired) electrons. The smallest absolute Gasteiger partial charge is 0.340 e. The Labute approximate surface area is 288 Å². The van der Waals surface area contributed by atoms with Crippen molar-refractivity contribution in [1.29, 1.82) is 0 Å². The molecule has 1 heterocycles. The fourth-order valence-corrected chi connectivity index (χ4v) is 6.10. The molecule has 3 N–H and O–H groups in total. The number of aryl methyl sites for hydroxylation is 1. The Morgan fingerprint density at radius 3 is 2.24 bits per heavy atom. The first-order chi connectivity index (χ1) is 21.4. The first kappa shape index (κ1) is 37.4. The second-order valence-electron chi connectivity index (χ2n) is 12.4. The van der Waals surface area contributed by atoms with Crippen LogP contribution in [0, 0.1) is 6.92 Å². The Balaban J connectivity index is 0.00000576. The van der Waals surface area contributed by atoms with Crippen molar-refractivity contribution in [3.05, 3.63) is 95.1 Å². The summed E-state index contributed by atoms with van der Waals surface area (Å²) < 4.78 is 12.8. The van der Waals surface area contributed by atoms with Crippen molar-refractivity contribution in [2.75, 3.05) is 25.1 Å². The Morgan fingerprint density at radius 2 is 1.63 bits per heavy atom. The van der Waals surface area contributed by atoms with Crippen LogP contribution in [0.15, 0.2) is 72.8 Å². The topological polar surface area (TPSA) is 114 Å². The number of carbonyl (C=O) groups is 3. The number of ether oxygens (including phenoxy) is 2. The molecule has 1 aliphatic heterocycles. The van der Waals surface area contributed by atoms with Crippen LogP contribution < -0.4 is 10.6 Å². The standard InChI is InChI=1S/C36H44N2O6S.Li/c1-24-11-9-10-14-27(24)29-23-25(15-16-28(29)32(39)38-30(33(40)41)17-22-45-5)31(34(42)44-35(2,3)4)43-36(18-20-37-21-19-36)26-12-7-6-8-13-26;/h6-16,23,30-31,37H,17-22H2,1-5H3,(H,38,39)(H,40,41);/t30-,31?;/m0./s1. The number of carboxylic acids is 1. The van der Waals surface area contributed by atoms with Gasteiger partial charge in [-0.05, 0) is 112 Å². The fraction of sp³-hybridized carbons (Fsp3) is 0.417. The Bertz CT molecular complexity index is 1490. The third-order valence-electron chi connectivity index (χ3n) is 7.92. The molecular formula is C36H44LiN2O6S. The molecule has 46 heavy (non-hydrogen) atoms. The van der Waals surface area contributed by atoms with Crippen LogP contribution in [-0.4, -0.2) is 78.6 Å². The summed E-state index contributed by atoms with van der Waals surface area (Å²) in [5.41, 5.74) is 2.65. The largest absolute Gasteiger partial charge is 0.480 e. The van der Waals surface area contributed by atoms with E-state index in [-0.39, 0.29) is 18.9 Å². The first-order valence-corrected chi connectivity index (χ1v) is 16.7. The number of esters is 1. The fourth-order valence-electron chi connectivity index (χ4n) is 5.63. The monoisotopic (exact) mass is 639 g/mol. The van der Waals surface area contributed by atoms with Gasteiger partial charge >= 0.3 is 11.9 Å². The van der Waals surface area contributed by atoms with Crippen molar-refractivity contribution in [2.45, 2.75) is 70.3 Å². The quantitative estimate of drug-likeness (QED) is 0.166. The predicted molar refractivity (Wildman–Crippen MR) is 184 cm³/mol. The number of piperidine rings is 1. The van der Waals surface area contributed by atoms with E-state index in [0.29, 0.717) is 41.7 Å². The molecule has 3 aromatic rings. The molecule has 4 rings (SSSR count). The molecule has 1 fully saturated rings. The summed E-state index contributed by atoms with van der Waals surface area (Å²) in [6.45, 7) is 8.86. The van der Waals surface area contributed by atoms with Crippen LogP contribution in [0.1, 0.15) is 73.2 Å². The summed E-state index contributed by atoms with van der Waals surface area (Å²) in [7, 11) is 0. The summed E-state index contributed by atoms with van der Waals surface area (Å²) in [6, 6.07) is 21.8. The minimum atomic E-state index is -1.09. The minimum Gasteiger partial charge on any atom is -0.480 e. The zero-order valence-corrected chi connectivity index (χ0v) is 28.5. The molecule has 0 bridgehead atoms. The second-order valence-corrected chi connectivity index (χ2v) is 13.4. The molecule has 1 saturated heterocycles. The molecular weight excluding hydrogens is 595 g/mol. The summed E-state index contributed by atoms with van der Waals surface area (Å²) in [4.78, 5) is 39.6. The summed E-state index contributed by atoms with van der Waals surface area (Å²) >= 11 is 1.52. The number of aliphatic carboxylic acids is 1. The normalized spacial score (nSPS) is 15.6. The van der Waals surface area contributed by atoms with E-state index in [9.17, 15) is 19.5 Å².